The van der Waals surface area contributed by atoms with E-state index < -0.39 is 5.75 Å². The number of rotatable bonds is 2. The van der Waals surface area contributed by atoms with Crippen LogP contribution in [0.3, 0.4) is 0 Å². The Labute approximate surface area is 198 Å². The lowest BCUT2D eigenvalue weighted by Gasteiger charge is -2.29. The number of phenols is 1. The van der Waals surface area contributed by atoms with Gasteiger partial charge in [0.25, 0.3) is 0 Å². The van der Waals surface area contributed by atoms with E-state index in [1.54, 1.807) is 0 Å². The molecule has 1 N–H and O–H groups in total. The predicted octanol–water partition coefficient (Wildman–Crippen LogP) is -9.75. The third-order valence-electron chi connectivity index (χ3n) is 5.26. The van der Waals surface area contributed by atoms with Crippen LogP contribution >= 0.6 is 0 Å². The van der Waals surface area contributed by atoms with Crippen molar-refractivity contribution in [2.75, 3.05) is 0 Å². The second kappa shape index (κ2) is 8.30. The second-order valence-corrected chi connectivity index (χ2v) is 7.04. The Kier molecular flexibility index (Phi) is 6.40. The van der Waals surface area contributed by atoms with Crippen LogP contribution in [0.2, 0.25) is 0 Å². The number of phenolic OH excluding ortho intramolecular Hbond substituents is 1. The highest BCUT2D eigenvalue weighted by atomic mass is 16.3. The lowest BCUT2D eigenvalue weighted by atomic mass is 9.56. The summed E-state index contributed by atoms with van der Waals surface area (Å²) in [6, 6.07) is 1.38. The summed E-state index contributed by atoms with van der Waals surface area (Å²) in [6.07, 6.45) is 0. The first-order chi connectivity index (χ1) is 14.3. The van der Waals surface area contributed by atoms with E-state index in [4.69, 9.17) is 94.2 Å². The summed E-state index contributed by atoms with van der Waals surface area (Å²) in [4.78, 5) is 0. The van der Waals surface area contributed by atoms with Crippen LogP contribution < -0.4 is 65.6 Å². The first-order valence-corrected chi connectivity index (χ1v) is 8.77. The number of hydrogen-bond acceptors (Lipinski definition) is 1. The molecular formula is C18H2B12O. The summed E-state index contributed by atoms with van der Waals surface area (Å²) in [6.45, 7) is 0. The molecule has 31 heavy (non-hydrogen) atoms. The smallest absolute Gasteiger partial charge is 0.119 e. The molecule has 0 aliphatic rings. The maximum Gasteiger partial charge on any atom is 0.119 e. The van der Waals surface area contributed by atoms with Crippen molar-refractivity contribution in [1.82, 2.24) is 0 Å². The van der Waals surface area contributed by atoms with Gasteiger partial charge in [-0.2, -0.15) is 0 Å². The van der Waals surface area contributed by atoms with Crippen LogP contribution in [0.5, 0.6) is 5.75 Å². The van der Waals surface area contributed by atoms with Crippen molar-refractivity contribution in [2.24, 2.45) is 0 Å². The molecule has 0 saturated carbocycles. The van der Waals surface area contributed by atoms with Gasteiger partial charge in [-0.05, 0) is 33.2 Å². The first-order valence-electron chi connectivity index (χ1n) is 8.77. The summed E-state index contributed by atoms with van der Waals surface area (Å²) in [5.41, 5.74) is -0.0376. The molecule has 13 heteroatoms. The van der Waals surface area contributed by atoms with Crippen LogP contribution in [0.15, 0.2) is 6.07 Å². The van der Waals surface area contributed by atoms with E-state index in [-0.39, 0.29) is 87.8 Å². The van der Waals surface area contributed by atoms with Gasteiger partial charge in [-0.25, -0.2) is 0 Å². The zero-order valence-corrected chi connectivity index (χ0v) is 16.5. The third-order valence-corrected chi connectivity index (χ3v) is 5.26. The number of aromatic hydroxyl groups is 1. The van der Waals surface area contributed by atoms with Crippen LogP contribution in [-0.2, 0) is 0 Å². The molecule has 0 heterocycles. The lowest BCUT2D eigenvalue weighted by molar-refractivity contribution is 0.484. The molecule has 116 valence electrons. The molecule has 3 aromatic carbocycles. The fourth-order valence-corrected chi connectivity index (χ4v) is 3.50. The molecule has 0 aromatic heterocycles. The monoisotopic (exact) mass is 366 g/mol. The van der Waals surface area contributed by atoms with Gasteiger partial charge >= 0.3 is 0 Å². The number of hydrogen-bond donors (Lipinski definition) is 1. The summed E-state index contributed by atoms with van der Waals surface area (Å²) in [7, 11) is 72.8. The molecule has 1 nitrogen and oxygen atoms in total. The van der Waals surface area contributed by atoms with Gasteiger partial charge in [0.15, 0.2) is 0 Å². The van der Waals surface area contributed by atoms with Gasteiger partial charge in [-0.1, -0.05) is 33.4 Å². The van der Waals surface area contributed by atoms with Crippen LogP contribution in [0.1, 0.15) is 0 Å². The lowest BCUT2D eigenvalue weighted by Crippen LogP contribution is -2.56. The quantitative estimate of drug-likeness (QED) is 0.448. The molecule has 0 bridgehead atoms. The summed E-state index contributed by atoms with van der Waals surface area (Å²) < 4.78 is 0. The molecule has 3 aromatic rings. The summed E-state index contributed by atoms with van der Waals surface area (Å²) >= 11 is 0. The Morgan fingerprint density at radius 2 is 0.710 bits per heavy atom. The van der Waals surface area contributed by atoms with Crippen molar-refractivity contribution in [1.29, 1.82) is 0 Å². The standard InChI is InChI=1S/C18H2B12O/c19-2-1-3(20)8(21)10(23)4(2)5-9(22)6(14(27)18(31)13(5)26)7-11(24)15(28)17(30)16(29)12(7)25/h1,31H. The minimum atomic E-state index is -0.513. The Morgan fingerprint density at radius 1 is 0.355 bits per heavy atom. The second-order valence-electron chi connectivity index (χ2n) is 7.04. The fourth-order valence-electron chi connectivity index (χ4n) is 3.50. The van der Waals surface area contributed by atoms with E-state index in [0.717, 1.165) is 0 Å². The molecule has 3 rings (SSSR count). The topological polar surface area (TPSA) is 20.2 Å². The normalized spacial score (nSPS) is 11.0. The molecule has 0 unspecified atom stereocenters. The highest BCUT2D eigenvalue weighted by Crippen LogP contribution is 2.20. The van der Waals surface area contributed by atoms with Gasteiger partial charge in [-0.15, -0.1) is 27.3 Å². The Bertz CT molecular complexity index is 1240. The molecule has 0 saturated heterocycles. The van der Waals surface area contributed by atoms with Crippen LogP contribution in [0, 0.1) is 0 Å². The molecule has 0 spiro atoms. The van der Waals surface area contributed by atoms with Crippen molar-refractivity contribution >= 4 is 160 Å². The average Bonchev–Trinajstić information content (AvgIpc) is 2.72. The Hall–Kier alpha value is -1.76. The van der Waals surface area contributed by atoms with Gasteiger partial charge in [0, 0.05) is 0 Å². The van der Waals surface area contributed by atoms with Crippen molar-refractivity contribution in [3.63, 3.8) is 0 Å². The van der Waals surface area contributed by atoms with Crippen molar-refractivity contribution in [3.8, 4) is 28.0 Å². The molecular weight excluding hydrogens is 362 g/mol. The van der Waals surface area contributed by atoms with Gasteiger partial charge in [0.1, 0.15) is 99.9 Å². The first kappa shape index (κ1) is 23.9. The predicted molar refractivity (Wildman–Crippen MR) is 144 cm³/mol. The van der Waals surface area contributed by atoms with E-state index in [1.165, 1.54) is 6.07 Å². The maximum absolute atomic E-state index is 10.7. The molecule has 0 atom stereocenters. The molecule has 0 aliphatic heterocycles. The van der Waals surface area contributed by atoms with E-state index >= 15 is 0 Å². The van der Waals surface area contributed by atoms with Crippen LogP contribution in [0.25, 0.3) is 22.3 Å². The summed E-state index contributed by atoms with van der Waals surface area (Å²) in [5, 5.41) is 10.7. The van der Waals surface area contributed by atoms with Crippen molar-refractivity contribution < 1.29 is 5.11 Å². The fraction of sp³-hybridized carbons (Fsp3) is 0. The maximum atomic E-state index is 10.7. The van der Waals surface area contributed by atoms with E-state index in [0.29, 0.717) is 0 Å². The van der Waals surface area contributed by atoms with Crippen molar-refractivity contribution in [2.45, 2.75) is 0 Å². The van der Waals surface area contributed by atoms with E-state index in [9.17, 15) is 5.11 Å². The zero-order valence-electron chi connectivity index (χ0n) is 16.5. The summed E-state index contributed by atoms with van der Waals surface area (Å²) in [5.74, 6) is -0.513. The zero-order chi connectivity index (χ0) is 23.5. The molecule has 24 radical (unpaired) electrons. The Morgan fingerprint density at radius 3 is 1.19 bits per heavy atom. The largest absolute Gasteiger partial charge is 0.509 e. The van der Waals surface area contributed by atoms with E-state index in [1.807, 2.05) is 0 Å². The van der Waals surface area contributed by atoms with Crippen LogP contribution in [0.4, 0.5) is 0 Å². The highest BCUT2D eigenvalue weighted by Gasteiger charge is 2.23. The van der Waals surface area contributed by atoms with Gasteiger partial charge in [0.2, 0.25) is 0 Å². The minimum absolute atomic E-state index is 0.00305. The van der Waals surface area contributed by atoms with Crippen molar-refractivity contribution in [3.05, 3.63) is 6.07 Å². The van der Waals surface area contributed by atoms with Gasteiger partial charge in [0.05, 0.1) is 0 Å². The van der Waals surface area contributed by atoms with E-state index in [2.05, 4.69) is 0 Å². The average molecular weight is 364 g/mol. The van der Waals surface area contributed by atoms with Gasteiger partial charge in [-0.3, -0.25) is 0 Å². The molecule has 0 amide bonds. The third kappa shape index (κ3) is 3.53. The molecule has 0 aliphatic carbocycles. The van der Waals surface area contributed by atoms with Crippen LogP contribution in [-0.4, -0.2) is 99.3 Å². The molecule has 0 fully saturated rings. The number of benzene rings is 3. The highest BCUT2D eigenvalue weighted by molar-refractivity contribution is 6.70. The Balaban J connectivity index is 2.56. The van der Waals surface area contributed by atoms with Gasteiger partial charge < -0.3 is 5.11 Å². The minimum Gasteiger partial charge on any atom is -0.509 e. The SMILES string of the molecule is [B]c1cc([B])c(-c2c([B])c(O)c([B])c(-c3c([B])c([B])c([B])c([B])c3[B])c2[B])c([B])c1[B].